The van der Waals surface area contributed by atoms with E-state index in [2.05, 4.69) is 17.1 Å². The van der Waals surface area contributed by atoms with E-state index in [-0.39, 0.29) is 0 Å². The predicted octanol–water partition coefficient (Wildman–Crippen LogP) is 1.76. The summed E-state index contributed by atoms with van der Waals surface area (Å²) in [5, 5.41) is 3.33. The fourth-order valence-corrected chi connectivity index (χ4v) is 2.12. The van der Waals surface area contributed by atoms with Crippen molar-refractivity contribution in [3.8, 4) is 0 Å². The van der Waals surface area contributed by atoms with Crippen LogP contribution >= 0.6 is 0 Å². The zero-order chi connectivity index (χ0) is 11.5. The van der Waals surface area contributed by atoms with Crippen LogP contribution in [-0.4, -0.2) is 30.6 Å². The molecule has 4 heteroatoms. The highest BCUT2D eigenvalue weighted by molar-refractivity contribution is 5.17. The normalized spacial score (nSPS) is 22.3. The molecule has 1 saturated heterocycles. The number of hydrogen-bond acceptors (Lipinski definition) is 2. The second kappa shape index (κ2) is 4.89. The first kappa shape index (κ1) is 11.5. The van der Waals surface area contributed by atoms with Gasteiger partial charge in [0.25, 0.3) is 0 Å². The first-order valence-corrected chi connectivity index (χ1v) is 5.54. The molecule has 1 aromatic rings. The van der Waals surface area contributed by atoms with Crippen LogP contribution in [0.25, 0.3) is 0 Å². The number of hydrogen-bond donors (Lipinski definition) is 1. The van der Waals surface area contributed by atoms with Crippen molar-refractivity contribution in [1.29, 1.82) is 0 Å². The fourth-order valence-electron chi connectivity index (χ4n) is 2.12. The van der Waals surface area contributed by atoms with Gasteiger partial charge in [0.05, 0.1) is 0 Å². The molecule has 1 N–H and O–H groups in total. The summed E-state index contributed by atoms with van der Waals surface area (Å²) in [5.74, 6) is -1.00. The highest BCUT2D eigenvalue weighted by atomic mass is 19.1. The average Bonchev–Trinajstić information content (AvgIpc) is 2.15. The Labute approximate surface area is 94.3 Å². The van der Waals surface area contributed by atoms with Crippen LogP contribution < -0.4 is 5.32 Å². The van der Waals surface area contributed by atoms with Crippen LogP contribution in [0, 0.1) is 11.6 Å². The summed E-state index contributed by atoms with van der Waals surface area (Å²) in [6, 6.07) is 4.14. The van der Waals surface area contributed by atoms with Gasteiger partial charge in [0.1, 0.15) is 11.6 Å². The molecule has 0 saturated carbocycles. The maximum atomic E-state index is 13.0. The number of rotatable bonds is 2. The van der Waals surface area contributed by atoms with E-state index in [9.17, 15) is 8.78 Å². The number of halogens is 2. The minimum Gasteiger partial charge on any atom is -0.312 e. The minimum atomic E-state index is -0.502. The Balaban J connectivity index is 2.02. The first-order chi connectivity index (χ1) is 7.63. The van der Waals surface area contributed by atoms with Gasteiger partial charge >= 0.3 is 0 Å². The Morgan fingerprint density at radius 3 is 2.62 bits per heavy atom. The van der Waals surface area contributed by atoms with Crippen LogP contribution in [0.1, 0.15) is 12.5 Å². The zero-order valence-corrected chi connectivity index (χ0v) is 9.34. The van der Waals surface area contributed by atoms with Crippen molar-refractivity contribution in [3.05, 3.63) is 35.4 Å². The largest absolute Gasteiger partial charge is 0.312 e. The summed E-state index contributed by atoms with van der Waals surface area (Å²) in [5.41, 5.74) is 0.701. The molecule has 16 heavy (non-hydrogen) atoms. The lowest BCUT2D eigenvalue weighted by atomic mass is 10.1. The fraction of sp³-hybridized carbons (Fsp3) is 0.500. The predicted molar refractivity (Wildman–Crippen MR) is 59.1 cm³/mol. The number of benzene rings is 1. The molecule has 1 aromatic carbocycles. The summed E-state index contributed by atoms with van der Waals surface area (Å²) < 4.78 is 26.0. The molecule has 0 bridgehead atoms. The monoisotopic (exact) mass is 226 g/mol. The Kier molecular flexibility index (Phi) is 3.51. The number of piperazine rings is 1. The third kappa shape index (κ3) is 3.00. The lowest BCUT2D eigenvalue weighted by Crippen LogP contribution is -2.48. The lowest BCUT2D eigenvalue weighted by molar-refractivity contribution is 0.199. The van der Waals surface area contributed by atoms with Crippen molar-refractivity contribution in [2.24, 2.45) is 0 Å². The Morgan fingerprint density at radius 2 is 2.00 bits per heavy atom. The van der Waals surface area contributed by atoms with Gasteiger partial charge in [-0.3, -0.25) is 4.90 Å². The number of nitrogens with one attached hydrogen (secondary N) is 1. The molecule has 1 unspecified atom stereocenters. The van der Waals surface area contributed by atoms with Crippen molar-refractivity contribution < 1.29 is 8.78 Å². The van der Waals surface area contributed by atoms with Gasteiger partial charge in [-0.1, -0.05) is 0 Å². The van der Waals surface area contributed by atoms with Gasteiger partial charge in [0.2, 0.25) is 0 Å². The Hall–Kier alpha value is -1.00. The molecule has 1 heterocycles. The van der Waals surface area contributed by atoms with Crippen LogP contribution in [0.5, 0.6) is 0 Å². The topological polar surface area (TPSA) is 15.3 Å². The second-order valence-electron chi connectivity index (χ2n) is 4.37. The summed E-state index contributed by atoms with van der Waals surface area (Å²) >= 11 is 0. The molecule has 1 aliphatic rings. The third-order valence-corrected chi connectivity index (χ3v) is 2.78. The molecule has 0 aromatic heterocycles. The molecule has 2 nitrogen and oxygen atoms in total. The second-order valence-corrected chi connectivity index (χ2v) is 4.37. The van der Waals surface area contributed by atoms with E-state index >= 15 is 0 Å². The van der Waals surface area contributed by atoms with E-state index in [0.29, 0.717) is 18.2 Å². The highest BCUT2D eigenvalue weighted by Crippen LogP contribution is 2.11. The van der Waals surface area contributed by atoms with Crippen molar-refractivity contribution in [1.82, 2.24) is 10.2 Å². The molecule has 88 valence electrons. The van der Waals surface area contributed by atoms with Gasteiger partial charge < -0.3 is 5.32 Å². The molecule has 0 aliphatic carbocycles. The van der Waals surface area contributed by atoms with E-state index in [0.717, 1.165) is 25.7 Å². The summed E-state index contributed by atoms with van der Waals surface area (Å²) in [6.45, 7) is 5.48. The zero-order valence-electron chi connectivity index (χ0n) is 9.34. The van der Waals surface area contributed by atoms with Crippen LogP contribution in [-0.2, 0) is 6.54 Å². The summed E-state index contributed by atoms with van der Waals surface area (Å²) in [4.78, 5) is 2.20. The van der Waals surface area contributed by atoms with E-state index in [1.165, 1.54) is 12.1 Å². The van der Waals surface area contributed by atoms with Crippen molar-refractivity contribution in [3.63, 3.8) is 0 Å². The third-order valence-electron chi connectivity index (χ3n) is 2.78. The molecule has 0 amide bonds. The summed E-state index contributed by atoms with van der Waals surface area (Å²) in [7, 11) is 0. The molecule has 0 spiro atoms. The van der Waals surface area contributed by atoms with Crippen LogP contribution in [0.4, 0.5) is 8.78 Å². The molecule has 1 aliphatic heterocycles. The SMILES string of the molecule is CC1CN(Cc2cc(F)cc(F)c2)CCN1. The van der Waals surface area contributed by atoms with Crippen molar-refractivity contribution >= 4 is 0 Å². The first-order valence-electron chi connectivity index (χ1n) is 5.54. The Bertz CT molecular complexity index is 348. The standard InChI is InChI=1S/C12H16F2N2/c1-9-7-16(3-2-15-9)8-10-4-11(13)6-12(14)5-10/h4-6,9,15H,2-3,7-8H2,1H3. The molecule has 0 radical (unpaired) electrons. The van der Waals surface area contributed by atoms with Crippen LogP contribution in [0.15, 0.2) is 18.2 Å². The Morgan fingerprint density at radius 1 is 1.31 bits per heavy atom. The maximum absolute atomic E-state index is 13.0. The van der Waals surface area contributed by atoms with E-state index in [1.807, 2.05) is 0 Å². The van der Waals surface area contributed by atoms with Gasteiger partial charge in [-0.05, 0) is 24.6 Å². The van der Waals surface area contributed by atoms with Crippen LogP contribution in [0.2, 0.25) is 0 Å². The van der Waals surface area contributed by atoms with E-state index in [1.54, 1.807) is 0 Å². The van der Waals surface area contributed by atoms with Crippen molar-refractivity contribution in [2.45, 2.75) is 19.5 Å². The van der Waals surface area contributed by atoms with Gasteiger partial charge in [-0.2, -0.15) is 0 Å². The average molecular weight is 226 g/mol. The molecule has 1 fully saturated rings. The van der Waals surface area contributed by atoms with Gasteiger partial charge in [0.15, 0.2) is 0 Å². The highest BCUT2D eigenvalue weighted by Gasteiger charge is 2.15. The van der Waals surface area contributed by atoms with Crippen LogP contribution in [0.3, 0.4) is 0 Å². The van der Waals surface area contributed by atoms with E-state index < -0.39 is 11.6 Å². The van der Waals surface area contributed by atoms with Crippen molar-refractivity contribution in [2.75, 3.05) is 19.6 Å². The molecular formula is C12H16F2N2. The summed E-state index contributed by atoms with van der Waals surface area (Å²) in [6.07, 6.45) is 0. The quantitative estimate of drug-likeness (QED) is 0.826. The van der Waals surface area contributed by atoms with Gasteiger partial charge in [0, 0.05) is 38.3 Å². The van der Waals surface area contributed by atoms with Gasteiger partial charge in [-0.25, -0.2) is 8.78 Å². The molecule has 1 atom stereocenters. The lowest BCUT2D eigenvalue weighted by Gasteiger charge is -2.31. The minimum absolute atomic E-state index is 0.437. The molecule has 2 rings (SSSR count). The number of nitrogens with zero attached hydrogens (tertiary/aromatic N) is 1. The van der Waals surface area contributed by atoms with Gasteiger partial charge in [-0.15, -0.1) is 0 Å². The molecular weight excluding hydrogens is 210 g/mol. The van der Waals surface area contributed by atoms with E-state index in [4.69, 9.17) is 0 Å². The maximum Gasteiger partial charge on any atom is 0.126 e. The smallest absolute Gasteiger partial charge is 0.126 e.